The van der Waals surface area contributed by atoms with Gasteiger partial charge in [0.1, 0.15) is 5.69 Å². The molecule has 5 heteroatoms. The van der Waals surface area contributed by atoms with Crippen molar-refractivity contribution in [1.29, 1.82) is 0 Å². The van der Waals surface area contributed by atoms with Crippen LogP contribution >= 0.6 is 0 Å². The molecule has 1 aromatic rings. The minimum Gasteiger partial charge on any atom is -0.393 e. The Morgan fingerprint density at radius 3 is 2.79 bits per heavy atom. The molecule has 0 saturated heterocycles. The summed E-state index contributed by atoms with van der Waals surface area (Å²) >= 11 is 0. The van der Waals surface area contributed by atoms with Crippen molar-refractivity contribution in [3.05, 3.63) is 33.9 Å². The van der Waals surface area contributed by atoms with Gasteiger partial charge in [-0.3, -0.25) is 10.1 Å². The molecule has 72 valence electrons. The Kier molecular flexibility index (Phi) is 3.05. The largest absolute Gasteiger partial charge is 0.393 e. The van der Waals surface area contributed by atoms with Gasteiger partial charge in [0.15, 0.2) is 0 Å². The van der Waals surface area contributed by atoms with Crippen LogP contribution in [0.5, 0.6) is 0 Å². The van der Waals surface area contributed by atoms with Gasteiger partial charge in [-0.2, -0.15) is 0 Å². The van der Waals surface area contributed by atoms with E-state index in [1.165, 1.54) is 12.1 Å². The predicted octanol–water partition coefficient (Wildman–Crippen LogP) is 0.487. The number of anilines is 1. The van der Waals surface area contributed by atoms with E-state index in [1.54, 1.807) is 6.07 Å². The molecule has 0 amide bonds. The van der Waals surface area contributed by atoms with Crippen molar-refractivity contribution in [2.45, 2.75) is 0 Å². The van der Waals surface area contributed by atoms with Crippen LogP contribution in [-0.4, -0.2) is 11.5 Å². The first-order chi connectivity index (χ1) is 6.65. The maximum atomic E-state index is 10.5. The van der Waals surface area contributed by atoms with Crippen molar-refractivity contribution in [2.75, 3.05) is 12.3 Å². The molecule has 0 heterocycles. The van der Waals surface area contributed by atoms with E-state index in [-0.39, 0.29) is 17.9 Å². The van der Waals surface area contributed by atoms with Gasteiger partial charge in [0.25, 0.3) is 5.69 Å². The molecule has 0 aliphatic rings. The first-order valence-electron chi connectivity index (χ1n) is 3.88. The summed E-state index contributed by atoms with van der Waals surface area (Å²) in [6.45, 7) is 0.220. The summed E-state index contributed by atoms with van der Waals surface area (Å²) in [6.07, 6.45) is 0. The van der Waals surface area contributed by atoms with Gasteiger partial charge < -0.3 is 11.5 Å². The Hall–Kier alpha value is -2.06. The van der Waals surface area contributed by atoms with Gasteiger partial charge >= 0.3 is 0 Å². The minimum absolute atomic E-state index is 0.131. The fourth-order valence-electron chi connectivity index (χ4n) is 0.933. The van der Waals surface area contributed by atoms with Crippen molar-refractivity contribution < 1.29 is 4.92 Å². The summed E-state index contributed by atoms with van der Waals surface area (Å²) in [5.41, 5.74) is 11.1. The van der Waals surface area contributed by atoms with Gasteiger partial charge in [0.2, 0.25) is 0 Å². The summed E-state index contributed by atoms with van der Waals surface area (Å²) in [7, 11) is 0. The number of nitro groups is 1. The smallest absolute Gasteiger partial charge is 0.293 e. The summed E-state index contributed by atoms with van der Waals surface area (Å²) in [5.74, 6) is 5.30. The van der Waals surface area contributed by atoms with Crippen LogP contribution in [-0.2, 0) is 0 Å². The number of hydrogen-bond donors (Lipinski definition) is 2. The molecule has 1 aromatic carbocycles. The lowest BCUT2D eigenvalue weighted by molar-refractivity contribution is -0.383. The molecule has 0 atom stereocenters. The fourth-order valence-corrected chi connectivity index (χ4v) is 0.933. The molecule has 0 unspecified atom stereocenters. The van der Waals surface area contributed by atoms with Gasteiger partial charge in [-0.15, -0.1) is 0 Å². The molecular weight excluding hydrogens is 182 g/mol. The normalized spacial score (nSPS) is 8.93. The van der Waals surface area contributed by atoms with E-state index in [1.807, 2.05) is 0 Å². The van der Waals surface area contributed by atoms with E-state index in [0.29, 0.717) is 5.56 Å². The Labute approximate surface area is 80.9 Å². The van der Waals surface area contributed by atoms with Gasteiger partial charge in [-0.25, -0.2) is 0 Å². The third-order valence-corrected chi connectivity index (χ3v) is 1.56. The van der Waals surface area contributed by atoms with Crippen molar-refractivity contribution in [3.8, 4) is 11.8 Å². The molecule has 14 heavy (non-hydrogen) atoms. The molecular formula is C9H9N3O2. The van der Waals surface area contributed by atoms with Crippen LogP contribution in [0.2, 0.25) is 0 Å². The van der Waals surface area contributed by atoms with Gasteiger partial charge in [-0.05, 0) is 12.1 Å². The Bertz CT molecular complexity index is 418. The Morgan fingerprint density at radius 2 is 2.21 bits per heavy atom. The number of rotatable bonds is 1. The van der Waals surface area contributed by atoms with Crippen LogP contribution in [0.15, 0.2) is 18.2 Å². The van der Waals surface area contributed by atoms with Crippen LogP contribution in [0.1, 0.15) is 5.56 Å². The van der Waals surface area contributed by atoms with Crippen molar-refractivity contribution in [1.82, 2.24) is 0 Å². The highest BCUT2D eigenvalue weighted by molar-refractivity contribution is 5.61. The zero-order valence-corrected chi connectivity index (χ0v) is 7.36. The number of nitrogens with two attached hydrogens (primary N) is 2. The number of nitrogens with zero attached hydrogens (tertiary/aromatic N) is 1. The molecule has 0 radical (unpaired) electrons. The minimum atomic E-state index is -0.539. The Morgan fingerprint density at radius 1 is 1.50 bits per heavy atom. The molecule has 0 aliphatic heterocycles. The quantitative estimate of drug-likeness (QED) is 0.292. The molecule has 4 N–H and O–H groups in total. The zero-order valence-electron chi connectivity index (χ0n) is 7.36. The average Bonchev–Trinajstić information content (AvgIpc) is 2.16. The van der Waals surface area contributed by atoms with Gasteiger partial charge in [0.05, 0.1) is 11.5 Å². The predicted molar refractivity (Wildman–Crippen MR) is 53.4 cm³/mol. The standard InChI is InChI=1S/C9H9N3O2/c10-5-1-2-7-3-4-8(11)9(6-7)12(13)14/h3-4,6H,5,10-11H2. The Balaban J connectivity index is 3.13. The summed E-state index contributed by atoms with van der Waals surface area (Å²) < 4.78 is 0. The lowest BCUT2D eigenvalue weighted by Crippen LogP contribution is -1.96. The fraction of sp³-hybridized carbons (Fsp3) is 0.111. The van der Waals surface area contributed by atoms with Gasteiger partial charge in [0, 0.05) is 11.6 Å². The zero-order chi connectivity index (χ0) is 10.6. The van der Waals surface area contributed by atoms with Gasteiger partial charge in [-0.1, -0.05) is 11.8 Å². The summed E-state index contributed by atoms with van der Waals surface area (Å²) in [4.78, 5) is 9.96. The van der Waals surface area contributed by atoms with Crippen molar-refractivity contribution in [3.63, 3.8) is 0 Å². The second-order valence-electron chi connectivity index (χ2n) is 2.54. The number of nitro benzene ring substituents is 1. The van der Waals surface area contributed by atoms with Crippen LogP contribution in [0.4, 0.5) is 11.4 Å². The highest BCUT2D eigenvalue weighted by atomic mass is 16.6. The summed E-state index contributed by atoms with van der Waals surface area (Å²) in [5, 5.41) is 10.5. The lowest BCUT2D eigenvalue weighted by atomic mass is 10.2. The lowest BCUT2D eigenvalue weighted by Gasteiger charge is -1.96. The maximum Gasteiger partial charge on any atom is 0.293 e. The van der Waals surface area contributed by atoms with Crippen molar-refractivity contribution in [2.24, 2.45) is 5.73 Å². The summed E-state index contributed by atoms with van der Waals surface area (Å²) in [6, 6.07) is 4.40. The number of nitrogen functional groups attached to an aromatic ring is 1. The van der Waals surface area contributed by atoms with Crippen LogP contribution in [0.25, 0.3) is 0 Å². The number of hydrogen-bond acceptors (Lipinski definition) is 4. The number of benzene rings is 1. The van der Waals surface area contributed by atoms with E-state index in [9.17, 15) is 10.1 Å². The highest BCUT2D eigenvalue weighted by Crippen LogP contribution is 2.21. The molecule has 0 fully saturated rings. The highest BCUT2D eigenvalue weighted by Gasteiger charge is 2.10. The van der Waals surface area contributed by atoms with Crippen LogP contribution in [0, 0.1) is 22.0 Å². The van der Waals surface area contributed by atoms with Crippen molar-refractivity contribution >= 4 is 11.4 Å². The van der Waals surface area contributed by atoms with E-state index >= 15 is 0 Å². The van der Waals surface area contributed by atoms with E-state index in [0.717, 1.165) is 0 Å². The molecule has 5 nitrogen and oxygen atoms in total. The first kappa shape index (κ1) is 10.0. The van der Waals surface area contributed by atoms with E-state index < -0.39 is 4.92 Å². The molecule has 0 bridgehead atoms. The topological polar surface area (TPSA) is 95.2 Å². The first-order valence-corrected chi connectivity index (χ1v) is 3.88. The third-order valence-electron chi connectivity index (χ3n) is 1.56. The monoisotopic (exact) mass is 191 g/mol. The van der Waals surface area contributed by atoms with E-state index in [2.05, 4.69) is 11.8 Å². The maximum absolute atomic E-state index is 10.5. The molecule has 0 aromatic heterocycles. The SMILES string of the molecule is NCC#Cc1ccc(N)c([N+](=O)[O-])c1. The second-order valence-corrected chi connectivity index (χ2v) is 2.54. The third kappa shape index (κ3) is 2.21. The molecule has 0 spiro atoms. The molecule has 0 saturated carbocycles. The van der Waals surface area contributed by atoms with Crippen LogP contribution in [0.3, 0.4) is 0 Å². The second kappa shape index (κ2) is 4.25. The average molecular weight is 191 g/mol. The molecule has 0 aliphatic carbocycles. The van der Waals surface area contributed by atoms with E-state index in [4.69, 9.17) is 11.5 Å². The van der Waals surface area contributed by atoms with Crippen LogP contribution < -0.4 is 11.5 Å². The molecule has 1 rings (SSSR count).